The van der Waals surface area contributed by atoms with Crippen molar-refractivity contribution in [3.63, 3.8) is 0 Å². The fraction of sp³-hybridized carbons (Fsp3) is 0.611. The highest BCUT2D eigenvalue weighted by atomic mass is 32.2. The predicted octanol–water partition coefficient (Wildman–Crippen LogP) is 2.84. The summed E-state index contributed by atoms with van der Waals surface area (Å²) in [6, 6.07) is 5.49. The lowest BCUT2D eigenvalue weighted by molar-refractivity contribution is -0.384. The SMILES string of the molecule is CS(=O)(=O)N(CCCC(=O)NCC1CCCCC1)c1cccc([N+](=O)[O-])c1. The minimum atomic E-state index is -3.61. The van der Waals surface area contributed by atoms with Crippen LogP contribution in [0, 0.1) is 16.0 Å². The van der Waals surface area contributed by atoms with Crippen LogP contribution in [0.4, 0.5) is 11.4 Å². The van der Waals surface area contributed by atoms with E-state index in [0.717, 1.165) is 23.4 Å². The van der Waals surface area contributed by atoms with Gasteiger partial charge in [-0.05, 0) is 31.2 Å². The molecular formula is C18H27N3O5S. The van der Waals surface area contributed by atoms with E-state index in [1.54, 1.807) is 0 Å². The van der Waals surface area contributed by atoms with E-state index in [4.69, 9.17) is 0 Å². The van der Waals surface area contributed by atoms with Gasteiger partial charge in [-0.15, -0.1) is 0 Å². The van der Waals surface area contributed by atoms with Gasteiger partial charge in [-0.1, -0.05) is 25.3 Å². The molecule has 8 nitrogen and oxygen atoms in total. The molecular weight excluding hydrogens is 370 g/mol. The summed E-state index contributed by atoms with van der Waals surface area (Å²) in [4.78, 5) is 22.4. The van der Waals surface area contributed by atoms with Crippen molar-refractivity contribution in [3.05, 3.63) is 34.4 Å². The monoisotopic (exact) mass is 397 g/mol. The standard InChI is InChI=1S/C18H27N3O5S/c1-27(25,26)20(16-9-5-10-17(13-16)21(23)24)12-6-11-18(22)19-14-15-7-3-2-4-8-15/h5,9-10,13,15H,2-4,6-8,11-12,14H2,1H3,(H,19,22). The van der Waals surface area contributed by atoms with Gasteiger partial charge in [0.2, 0.25) is 15.9 Å². The molecule has 0 aromatic heterocycles. The van der Waals surface area contributed by atoms with Gasteiger partial charge in [0.1, 0.15) is 0 Å². The molecule has 0 heterocycles. The van der Waals surface area contributed by atoms with Gasteiger partial charge in [-0.25, -0.2) is 8.42 Å². The second-order valence-electron chi connectivity index (χ2n) is 7.02. The minimum absolute atomic E-state index is 0.0898. The molecule has 0 radical (unpaired) electrons. The van der Waals surface area contributed by atoms with E-state index in [9.17, 15) is 23.3 Å². The van der Waals surface area contributed by atoms with Crippen molar-refractivity contribution in [2.24, 2.45) is 5.92 Å². The number of nitro benzene ring substituents is 1. The molecule has 0 bridgehead atoms. The van der Waals surface area contributed by atoms with E-state index < -0.39 is 14.9 Å². The quantitative estimate of drug-likeness (QED) is 0.509. The fourth-order valence-corrected chi connectivity index (χ4v) is 4.33. The fourth-order valence-electron chi connectivity index (χ4n) is 3.37. The summed E-state index contributed by atoms with van der Waals surface area (Å²) in [5, 5.41) is 13.8. The number of carbonyl (C=O) groups excluding carboxylic acids is 1. The van der Waals surface area contributed by atoms with E-state index in [0.29, 0.717) is 18.9 Å². The van der Waals surface area contributed by atoms with Crippen molar-refractivity contribution in [1.29, 1.82) is 0 Å². The number of sulfonamides is 1. The number of hydrogen-bond donors (Lipinski definition) is 1. The Morgan fingerprint density at radius 3 is 2.63 bits per heavy atom. The van der Waals surface area contributed by atoms with E-state index in [2.05, 4.69) is 5.32 Å². The number of nitrogens with zero attached hydrogens (tertiary/aromatic N) is 2. The maximum Gasteiger partial charge on any atom is 0.271 e. The molecule has 1 amide bonds. The van der Waals surface area contributed by atoms with Crippen LogP contribution >= 0.6 is 0 Å². The molecule has 2 rings (SSSR count). The topological polar surface area (TPSA) is 110 Å². The van der Waals surface area contributed by atoms with E-state index in [1.165, 1.54) is 43.5 Å². The number of anilines is 1. The summed E-state index contributed by atoms with van der Waals surface area (Å²) in [7, 11) is -3.61. The summed E-state index contributed by atoms with van der Waals surface area (Å²) >= 11 is 0. The number of benzene rings is 1. The van der Waals surface area contributed by atoms with Crippen LogP contribution in [0.5, 0.6) is 0 Å². The number of non-ortho nitro benzene ring substituents is 1. The van der Waals surface area contributed by atoms with Crippen LogP contribution in [0.25, 0.3) is 0 Å². The average molecular weight is 397 g/mol. The molecule has 1 aliphatic carbocycles. The number of amides is 1. The molecule has 0 atom stereocenters. The maximum atomic E-state index is 12.1. The predicted molar refractivity (Wildman–Crippen MR) is 104 cm³/mol. The molecule has 27 heavy (non-hydrogen) atoms. The van der Waals surface area contributed by atoms with Crippen molar-refractivity contribution in [2.45, 2.75) is 44.9 Å². The van der Waals surface area contributed by atoms with Crippen LogP contribution in [0.1, 0.15) is 44.9 Å². The smallest absolute Gasteiger partial charge is 0.271 e. The van der Waals surface area contributed by atoms with Gasteiger partial charge in [0.25, 0.3) is 5.69 Å². The van der Waals surface area contributed by atoms with Gasteiger partial charge in [0.05, 0.1) is 16.9 Å². The Morgan fingerprint density at radius 1 is 1.30 bits per heavy atom. The average Bonchev–Trinajstić information content (AvgIpc) is 2.63. The van der Waals surface area contributed by atoms with Gasteiger partial charge >= 0.3 is 0 Å². The molecule has 1 fully saturated rings. The Hall–Kier alpha value is -2.16. The number of rotatable bonds is 9. The number of nitro groups is 1. The molecule has 1 aromatic carbocycles. The van der Waals surface area contributed by atoms with Gasteiger partial charge in [0.15, 0.2) is 0 Å². The zero-order chi connectivity index (χ0) is 19.9. The van der Waals surface area contributed by atoms with Gasteiger partial charge < -0.3 is 5.32 Å². The van der Waals surface area contributed by atoms with E-state index >= 15 is 0 Å². The number of hydrogen-bond acceptors (Lipinski definition) is 5. The Morgan fingerprint density at radius 2 is 2.00 bits per heavy atom. The minimum Gasteiger partial charge on any atom is -0.356 e. The molecule has 0 unspecified atom stereocenters. The third-order valence-corrected chi connectivity index (χ3v) is 6.00. The third kappa shape index (κ3) is 6.82. The van der Waals surface area contributed by atoms with Gasteiger partial charge in [-0.3, -0.25) is 19.2 Å². The van der Waals surface area contributed by atoms with Crippen molar-refractivity contribution in [3.8, 4) is 0 Å². The van der Waals surface area contributed by atoms with Crippen molar-refractivity contribution in [2.75, 3.05) is 23.7 Å². The van der Waals surface area contributed by atoms with Gasteiger partial charge in [-0.2, -0.15) is 0 Å². The van der Waals surface area contributed by atoms with Crippen LogP contribution in [0.2, 0.25) is 0 Å². The lowest BCUT2D eigenvalue weighted by atomic mass is 9.89. The molecule has 9 heteroatoms. The molecule has 1 aliphatic rings. The second kappa shape index (κ2) is 9.68. The highest BCUT2D eigenvalue weighted by molar-refractivity contribution is 7.92. The Kier molecular flexibility index (Phi) is 7.58. The van der Waals surface area contributed by atoms with Crippen LogP contribution in [-0.4, -0.2) is 38.6 Å². The lowest BCUT2D eigenvalue weighted by Gasteiger charge is -2.23. The van der Waals surface area contributed by atoms with E-state index in [-0.39, 0.29) is 30.2 Å². The first-order chi connectivity index (χ1) is 12.8. The van der Waals surface area contributed by atoms with Crippen molar-refractivity contribution >= 4 is 27.3 Å². The molecule has 0 aliphatic heterocycles. The van der Waals surface area contributed by atoms with Crippen LogP contribution in [-0.2, 0) is 14.8 Å². The molecule has 1 saturated carbocycles. The first kappa shape index (κ1) is 21.1. The Balaban J connectivity index is 1.88. The van der Waals surface area contributed by atoms with Crippen molar-refractivity contribution < 1.29 is 18.1 Å². The van der Waals surface area contributed by atoms with Crippen molar-refractivity contribution in [1.82, 2.24) is 5.32 Å². The summed E-state index contributed by atoms with van der Waals surface area (Å²) in [6.07, 6.45) is 7.60. The Bertz CT molecular complexity index is 760. The van der Waals surface area contributed by atoms with Crippen LogP contribution < -0.4 is 9.62 Å². The summed E-state index contributed by atoms with van der Waals surface area (Å²) < 4.78 is 25.3. The lowest BCUT2D eigenvalue weighted by Crippen LogP contribution is -2.33. The molecule has 1 aromatic rings. The zero-order valence-corrected chi connectivity index (χ0v) is 16.4. The first-order valence-electron chi connectivity index (χ1n) is 9.26. The van der Waals surface area contributed by atoms with Crippen LogP contribution in [0.3, 0.4) is 0 Å². The molecule has 1 N–H and O–H groups in total. The number of carbonyl (C=O) groups is 1. The zero-order valence-electron chi connectivity index (χ0n) is 15.6. The highest BCUT2D eigenvalue weighted by Gasteiger charge is 2.20. The highest BCUT2D eigenvalue weighted by Crippen LogP contribution is 2.24. The largest absolute Gasteiger partial charge is 0.356 e. The molecule has 150 valence electrons. The van der Waals surface area contributed by atoms with E-state index in [1.807, 2.05) is 0 Å². The number of nitrogens with one attached hydrogen (secondary N) is 1. The normalized spacial score (nSPS) is 15.3. The van der Waals surface area contributed by atoms with Gasteiger partial charge in [0, 0.05) is 31.6 Å². The molecule has 0 spiro atoms. The first-order valence-corrected chi connectivity index (χ1v) is 11.1. The Labute approximate surface area is 160 Å². The molecule has 0 saturated heterocycles. The third-order valence-electron chi connectivity index (χ3n) is 4.81. The second-order valence-corrected chi connectivity index (χ2v) is 8.93. The summed E-state index contributed by atoms with van der Waals surface area (Å²) in [6.45, 7) is 0.774. The maximum absolute atomic E-state index is 12.1. The summed E-state index contributed by atoms with van der Waals surface area (Å²) in [5.41, 5.74) is 0.0562. The van der Waals surface area contributed by atoms with Crippen LogP contribution in [0.15, 0.2) is 24.3 Å². The summed E-state index contributed by atoms with van der Waals surface area (Å²) in [5.74, 6) is 0.452.